The number of halogens is 3. The molecular formula is C21H22F3N3O. The highest BCUT2D eigenvalue weighted by atomic mass is 19.1. The van der Waals surface area contributed by atoms with Gasteiger partial charge in [0.15, 0.2) is 0 Å². The molecule has 0 radical (unpaired) electrons. The largest absolute Gasteiger partial charge is 0.336 e. The predicted octanol–water partition coefficient (Wildman–Crippen LogP) is 2.63. The third-order valence-electron chi connectivity index (χ3n) is 5.50. The number of rotatable bonds is 4. The molecule has 148 valence electrons. The van der Waals surface area contributed by atoms with E-state index >= 15 is 0 Å². The maximum atomic E-state index is 14.0. The number of fused-ring (bicyclic) bond motifs is 1. The van der Waals surface area contributed by atoms with Gasteiger partial charge in [-0.3, -0.25) is 14.6 Å². The average Bonchev–Trinajstić information content (AvgIpc) is 2.66. The predicted molar refractivity (Wildman–Crippen MR) is 98.8 cm³/mol. The molecule has 2 heterocycles. The van der Waals surface area contributed by atoms with Gasteiger partial charge in [0.25, 0.3) is 0 Å². The summed E-state index contributed by atoms with van der Waals surface area (Å²) in [5, 5.41) is 0. The lowest BCUT2D eigenvalue weighted by Gasteiger charge is -2.46. The SMILES string of the molecule is O=C1C2CN(Cc3cccc(F)c3)CCN2CCN1Cc1ccc(F)cc1F. The second-order valence-electron chi connectivity index (χ2n) is 7.41. The van der Waals surface area contributed by atoms with Gasteiger partial charge in [-0.25, -0.2) is 13.2 Å². The summed E-state index contributed by atoms with van der Waals surface area (Å²) in [7, 11) is 0. The normalized spacial score (nSPS) is 21.0. The Hall–Kier alpha value is -2.38. The van der Waals surface area contributed by atoms with Gasteiger partial charge in [0.05, 0.1) is 0 Å². The topological polar surface area (TPSA) is 26.8 Å². The third kappa shape index (κ3) is 4.05. The van der Waals surface area contributed by atoms with Gasteiger partial charge in [-0.2, -0.15) is 0 Å². The summed E-state index contributed by atoms with van der Waals surface area (Å²) in [5.74, 6) is -1.57. The van der Waals surface area contributed by atoms with Crippen LogP contribution in [0, 0.1) is 17.5 Å². The van der Waals surface area contributed by atoms with Crippen LogP contribution in [0.25, 0.3) is 0 Å². The van der Waals surface area contributed by atoms with E-state index in [1.807, 2.05) is 6.07 Å². The van der Waals surface area contributed by atoms with Crippen LogP contribution in [-0.4, -0.2) is 59.4 Å². The van der Waals surface area contributed by atoms with Gasteiger partial charge < -0.3 is 4.90 Å². The van der Waals surface area contributed by atoms with Crippen molar-refractivity contribution in [2.45, 2.75) is 19.1 Å². The van der Waals surface area contributed by atoms with Gasteiger partial charge in [0.2, 0.25) is 5.91 Å². The number of hydrogen-bond donors (Lipinski definition) is 0. The summed E-state index contributed by atoms with van der Waals surface area (Å²) in [5.41, 5.74) is 1.19. The quantitative estimate of drug-likeness (QED) is 0.805. The van der Waals surface area contributed by atoms with E-state index in [-0.39, 0.29) is 24.3 Å². The van der Waals surface area contributed by atoms with Gasteiger partial charge in [-0.05, 0) is 23.8 Å². The van der Waals surface area contributed by atoms with E-state index in [0.29, 0.717) is 25.2 Å². The smallest absolute Gasteiger partial charge is 0.241 e. The molecule has 0 saturated carbocycles. The molecule has 7 heteroatoms. The number of piperazine rings is 2. The van der Waals surface area contributed by atoms with Gasteiger partial charge in [-0.15, -0.1) is 0 Å². The van der Waals surface area contributed by atoms with Crippen LogP contribution < -0.4 is 0 Å². The van der Waals surface area contributed by atoms with Gasteiger partial charge in [0.1, 0.15) is 23.5 Å². The third-order valence-corrected chi connectivity index (χ3v) is 5.50. The van der Waals surface area contributed by atoms with Gasteiger partial charge in [0, 0.05) is 57.4 Å². The summed E-state index contributed by atoms with van der Waals surface area (Å²) in [6.45, 7) is 4.11. The molecule has 2 saturated heterocycles. The number of carbonyl (C=O) groups excluding carboxylic acids is 1. The number of hydrogen-bond acceptors (Lipinski definition) is 3. The Bertz CT molecular complexity index is 876. The molecule has 1 unspecified atom stereocenters. The fourth-order valence-corrected chi connectivity index (χ4v) is 4.00. The molecule has 4 rings (SSSR count). The zero-order valence-electron chi connectivity index (χ0n) is 15.5. The van der Waals surface area contributed by atoms with E-state index in [2.05, 4.69) is 9.80 Å². The Labute approximate surface area is 162 Å². The highest BCUT2D eigenvalue weighted by molar-refractivity contribution is 5.83. The van der Waals surface area contributed by atoms with E-state index < -0.39 is 11.6 Å². The van der Waals surface area contributed by atoms with E-state index in [0.717, 1.165) is 31.3 Å². The first-order chi connectivity index (χ1) is 13.5. The van der Waals surface area contributed by atoms with Crippen molar-refractivity contribution < 1.29 is 18.0 Å². The maximum Gasteiger partial charge on any atom is 0.241 e. The van der Waals surface area contributed by atoms with E-state index in [9.17, 15) is 18.0 Å². The molecule has 28 heavy (non-hydrogen) atoms. The maximum absolute atomic E-state index is 14.0. The van der Waals surface area contributed by atoms with Crippen LogP contribution in [-0.2, 0) is 17.9 Å². The molecule has 2 aromatic rings. The fraction of sp³-hybridized carbons (Fsp3) is 0.381. The van der Waals surface area contributed by atoms with E-state index in [4.69, 9.17) is 0 Å². The Morgan fingerprint density at radius 2 is 1.68 bits per heavy atom. The standard InChI is InChI=1S/C21H22F3N3O/c22-17-3-1-2-15(10-17)12-25-6-7-26-8-9-27(21(28)20(26)14-25)13-16-4-5-18(23)11-19(16)24/h1-5,10-11,20H,6-9,12-14H2. The first-order valence-electron chi connectivity index (χ1n) is 9.43. The first-order valence-corrected chi connectivity index (χ1v) is 9.43. The molecule has 1 atom stereocenters. The number of amides is 1. The number of nitrogens with zero attached hydrogens (tertiary/aromatic N) is 3. The highest BCUT2D eigenvalue weighted by Crippen LogP contribution is 2.21. The summed E-state index contributed by atoms with van der Waals surface area (Å²) < 4.78 is 40.5. The first kappa shape index (κ1) is 19.0. The van der Waals surface area contributed by atoms with Crippen LogP contribution in [0.4, 0.5) is 13.2 Å². The second kappa shape index (κ2) is 7.93. The summed E-state index contributed by atoms with van der Waals surface area (Å²) >= 11 is 0. The monoisotopic (exact) mass is 389 g/mol. The summed E-state index contributed by atoms with van der Waals surface area (Å²) in [4.78, 5) is 18.9. The van der Waals surface area contributed by atoms with E-state index in [1.54, 1.807) is 11.0 Å². The Kier molecular flexibility index (Phi) is 5.37. The summed E-state index contributed by atoms with van der Waals surface area (Å²) in [6, 6.07) is 9.64. The lowest BCUT2D eigenvalue weighted by Crippen LogP contribution is -2.64. The van der Waals surface area contributed by atoms with Gasteiger partial charge in [-0.1, -0.05) is 18.2 Å². The van der Waals surface area contributed by atoms with Crippen molar-refractivity contribution in [3.05, 3.63) is 71.0 Å². The molecule has 0 aromatic heterocycles. The van der Waals surface area contributed by atoms with Crippen LogP contribution >= 0.6 is 0 Å². The van der Waals surface area contributed by atoms with Crippen LogP contribution in [0.15, 0.2) is 42.5 Å². The highest BCUT2D eigenvalue weighted by Gasteiger charge is 2.38. The van der Waals surface area contributed by atoms with Crippen LogP contribution in [0.1, 0.15) is 11.1 Å². The number of carbonyl (C=O) groups is 1. The van der Waals surface area contributed by atoms with E-state index in [1.165, 1.54) is 24.3 Å². The lowest BCUT2D eigenvalue weighted by molar-refractivity contribution is -0.146. The van der Waals surface area contributed by atoms with Crippen LogP contribution in [0.3, 0.4) is 0 Å². The molecule has 2 aliphatic rings. The van der Waals surface area contributed by atoms with Crippen molar-refractivity contribution in [2.24, 2.45) is 0 Å². The second-order valence-corrected chi connectivity index (χ2v) is 7.41. The van der Waals surface area contributed by atoms with Crippen molar-refractivity contribution in [3.63, 3.8) is 0 Å². The lowest BCUT2D eigenvalue weighted by atomic mass is 10.0. The fourth-order valence-electron chi connectivity index (χ4n) is 4.00. The van der Waals surface area contributed by atoms with Crippen LogP contribution in [0.2, 0.25) is 0 Å². The van der Waals surface area contributed by atoms with Crippen molar-refractivity contribution in [1.82, 2.24) is 14.7 Å². The minimum Gasteiger partial charge on any atom is -0.336 e. The molecule has 2 fully saturated rings. The van der Waals surface area contributed by atoms with Crippen molar-refractivity contribution in [1.29, 1.82) is 0 Å². The molecule has 2 aromatic carbocycles. The van der Waals surface area contributed by atoms with Crippen LogP contribution in [0.5, 0.6) is 0 Å². The zero-order chi connectivity index (χ0) is 19.7. The van der Waals surface area contributed by atoms with Crippen molar-refractivity contribution >= 4 is 5.91 Å². The minimum absolute atomic E-state index is 0.0427. The molecule has 1 amide bonds. The molecule has 4 nitrogen and oxygen atoms in total. The Morgan fingerprint density at radius 1 is 0.893 bits per heavy atom. The summed E-state index contributed by atoms with van der Waals surface area (Å²) in [6.07, 6.45) is 0. The van der Waals surface area contributed by atoms with Crippen molar-refractivity contribution in [2.75, 3.05) is 32.7 Å². The Balaban J connectivity index is 1.43. The zero-order valence-corrected chi connectivity index (χ0v) is 15.5. The molecule has 0 spiro atoms. The molecule has 0 bridgehead atoms. The van der Waals surface area contributed by atoms with Gasteiger partial charge >= 0.3 is 0 Å². The molecule has 0 aliphatic carbocycles. The minimum atomic E-state index is -0.633. The number of benzene rings is 2. The molecular weight excluding hydrogens is 367 g/mol. The molecule has 0 N–H and O–H groups in total. The molecule has 2 aliphatic heterocycles. The van der Waals surface area contributed by atoms with Crippen molar-refractivity contribution in [3.8, 4) is 0 Å². The average molecular weight is 389 g/mol. The Morgan fingerprint density at radius 3 is 2.46 bits per heavy atom.